The van der Waals surface area contributed by atoms with E-state index in [1.807, 2.05) is 0 Å². The Kier molecular flexibility index (Phi) is 3.55. The highest BCUT2D eigenvalue weighted by Gasteiger charge is 2.44. The first kappa shape index (κ1) is 18.8. The predicted molar refractivity (Wildman–Crippen MR) is 124 cm³/mol. The number of ketones is 4. The van der Waals surface area contributed by atoms with E-state index in [0.29, 0.717) is 61.6 Å². The van der Waals surface area contributed by atoms with E-state index in [2.05, 4.69) is 10.3 Å². The normalized spacial score (nSPS) is 19.3. The number of carbonyl (C=O) groups excluding carboxylic acids is 4. The fourth-order valence-corrected chi connectivity index (χ4v) is 5.27. The molecule has 3 aromatic rings. The number of fused-ring (bicyclic) bond motifs is 7. The lowest BCUT2D eigenvalue weighted by Gasteiger charge is -2.29. The Morgan fingerprint density at radius 2 is 1.26 bits per heavy atom. The number of carbonyl (C=O) groups is 4. The van der Waals surface area contributed by atoms with Gasteiger partial charge >= 0.3 is 0 Å². The SMILES string of the molecule is O=C1C2=C(C(=O)c3ccccc31)C1=[NH+]c3ccc4c(c3NC1C=C2)C(=O)c1ccccc1C4=O. The summed E-state index contributed by atoms with van der Waals surface area (Å²) < 4.78 is 0. The van der Waals surface area contributed by atoms with Crippen LogP contribution in [0, 0.1) is 0 Å². The summed E-state index contributed by atoms with van der Waals surface area (Å²) in [6, 6.07) is 16.5. The molecule has 4 aliphatic rings. The third-order valence-electron chi connectivity index (χ3n) is 6.86. The van der Waals surface area contributed by atoms with Crippen molar-refractivity contribution in [1.29, 1.82) is 0 Å². The van der Waals surface area contributed by atoms with E-state index in [1.54, 1.807) is 72.8 Å². The summed E-state index contributed by atoms with van der Waals surface area (Å²) in [5, 5.41) is 3.34. The standard InChI is InChI=1S/C28H14N2O4/c31-25-13-5-1-3-7-15(13)27(33)21-17(25)9-11-19-23(21)29-20-12-10-18-22(24(20)30-19)28(34)16-8-4-2-6-14(16)26(18)32/h1-12,19,30H/p+1. The molecule has 0 saturated carbocycles. The first-order valence-electron chi connectivity index (χ1n) is 10.9. The fourth-order valence-electron chi connectivity index (χ4n) is 5.27. The number of hydrogen-bond acceptors (Lipinski definition) is 5. The van der Waals surface area contributed by atoms with E-state index in [4.69, 9.17) is 0 Å². The van der Waals surface area contributed by atoms with Gasteiger partial charge in [-0.2, -0.15) is 0 Å². The lowest BCUT2D eigenvalue weighted by atomic mass is 9.77. The first-order valence-corrected chi connectivity index (χ1v) is 10.9. The number of nitrogens with one attached hydrogen (secondary N) is 2. The third kappa shape index (κ3) is 2.26. The van der Waals surface area contributed by atoms with Gasteiger partial charge in [-0.15, -0.1) is 0 Å². The predicted octanol–water partition coefficient (Wildman–Crippen LogP) is 2.35. The van der Waals surface area contributed by atoms with Crippen LogP contribution in [0.15, 0.2) is 84.0 Å². The Labute approximate surface area is 193 Å². The van der Waals surface area contributed by atoms with Crippen LogP contribution in [0.4, 0.5) is 11.4 Å². The van der Waals surface area contributed by atoms with Crippen molar-refractivity contribution >= 4 is 40.2 Å². The van der Waals surface area contributed by atoms with Gasteiger partial charge in [-0.1, -0.05) is 60.7 Å². The minimum atomic E-state index is -0.458. The van der Waals surface area contributed by atoms with Crippen molar-refractivity contribution in [1.82, 2.24) is 0 Å². The Hall–Kier alpha value is -4.71. The van der Waals surface area contributed by atoms with Crippen LogP contribution in [-0.2, 0) is 0 Å². The van der Waals surface area contributed by atoms with Gasteiger partial charge in [0.15, 0.2) is 17.3 Å². The fraction of sp³-hybridized carbons (Fsp3) is 0.0357. The van der Waals surface area contributed by atoms with Crippen molar-refractivity contribution in [3.05, 3.63) is 117 Å². The largest absolute Gasteiger partial charge is 0.364 e. The molecule has 0 saturated heterocycles. The molecular weight excluding hydrogens is 428 g/mol. The van der Waals surface area contributed by atoms with E-state index in [1.165, 1.54) is 0 Å². The highest BCUT2D eigenvalue weighted by atomic mass is 16.1. The number of Topliss-reactive ketones (excluding diaryl/α,β-unsaturated/α-hetero) is 2. The van der Waals surface area contributed by atoms with Gasteiger partial charge < -0.3 is 5.32 Å². The Balaban J connectivity index is 1.42. The molecule has 0 spiro atoms. The van der Waals surface area contributed by atoms with Crippen molar-refractivity contribution in [2.24, 2.45) is 0 Å². The van der Waals surface area contributed by atoms with Gasteiger partial charge in [-0.25, -0.2) is 4.99 Å². The van der Waals surface area contributed by atoms with Crippen LogP contribution in [-0.4, -0.2) is 34.9 Å². The van der Waals surface area contributed by atoms with Crippen LogP contribution in [0.2, 0.25) is 0 Å². The smallest absolute Gasteiger partial charge is 0.228 e. The highest BCUT2D eigenvalue weighted by Crippen LogP contribution is 2.38. The molecule has 1 aliphatic heterocycles. The van der Waals surface area contributed by atoms with Crippen molar-refractivity contribution in [2.75, 3.05) is 5.32 Å². The maximum absolute atomic E-state index is 13.4. The van der Waals surface area contributed by atoms with E-state index >= 15 is 0 Å². The van der Waals surface area contributed by atoms with Gasteiger partial charge in [0.05, 0.1) is 5.56 Å². The molecular formula is C28H15N2O4+. The number of benzene rings is 3. The van der Waals surface area contributed by atoms with Gasteiger partial charge in [0.2, 0.25) is 17.2 Å². The maximum Gasteiger partial charge on any atom is 0.228 e. The monoisotopic (exact) mass is 443 g/mol. The van der Waals surface area contributed by atoms with Gasteiger partial charge in [0, 0.05) is 39.5 Å². The second-order valence-corrected chi connectivity index (χ2v) is 8.63. The Morgan fingerprint density at radius 3 is 1.97 bits per heavy atom. The topological polar surface area (TPSA) is 94.3 Å². The second-order valence-electron chi connectivity index (χ2n) is 8.63. The van der Waals surface area contributed by atoms with E-state index < -0.39 is 6.04 Å². The molecule has 6 nitrogen and oxygen atoms in total. The minimum absolute atomic E-state index is 0.192. The molecule has 0 amide bonds. The average molecular weight is 443 g/mol. The van der Waals surface area contributed by atoms with Crippen LogP contribution in [0.1, 0.15) is 52.6 Å². The molecule has 0 bridgehead atoms. The van der Waals surface area contributed by atoms with E-state index in [9.17, 15) is 19.2 Å². The zero-order valence-electron chi connectivity index (χ0n) is 17.6. The van der Waals surface area contributed by atoms with Crippen molar-refractivity contribution in [3.8, 4) is 0 Å². The lowest BCUT2D eigenvalue weighted by molar-refractivity contribution is -0.355. The molecule has 7 rings (SSSR count). The van der Waals surface area contributed by atoms with E-state index in [-0.39, 0.29) is 23.1 Å². The lowest BCUT2D eigenvalue weighted by Crippen LogP contribution is -2.74. The molecule has 3 aliphatic carbocycles. The number of allylic oxidation sites excluding steroid dienone is 2. The zero-order valence-corrected chi connectivity index (χ0v) is 17.6. The van der Waals surface area contributed by atoms with Gasteiger partial charge in [-0.3, -0.25) is 19.2 Å². The summed E-state index contributed by atoms with van der Waals surface area (Å²) in [5.74, 6) is -0.830. The van der Waals surface area contributed by atoms with Crippen molar-refractivity contribution in [2.45, 2.75) is 6.04 Å². The van der Waals surface area contributed by atoms with Crippen LogP contribution in [0.5, 0.6) is 0 Å². The molecule has 0 fully saturated rings. The second kappa shape index (κ2) is 6.42. The molecule has 160 valence electrons. The average Bonchev–Trinajstić information content (AvgIpc) is 2.88. The molecule has 2 N–H and O–H groups in total. The highest BCUT2D eigenvalue weighted by molar-refractivity contribution is 6.40. The van der Waals surface area contributed by atoms with Gasteiger partial charge in [-0.05, 0) is 6.07 Å². The summed E-state index contributed by atoms with van der Waals surface area (Å²) >= 11 is 0. The van der Waals surface area contributed by atoms with Crippen molar-refractivity contribution < 1.29 is 24.2 Å². The molecule has 3 aromatic carbocycles. The Bertz CT molecular complexity index is 1650. The summed E-state index contributed by atoms with van der Waals surface area (Å²) in [6.07, 6.45) is 3.46. The van der Waals surface area contributed by atoms with Crippen LogP contribution < -0.4 is 10.3 Å². The third-order valence-corrected chi connectivity index (χ3v) is 6.86. The maximum atomic E-state index is 13.4. The van der Waals surface area contributed by atoms with Gasteiger partial charge in [0.1, 0.15) is 17.3 Å². The minimum Gasteiger partial charge on any atom is -0.364 e. The van der Waals surface area contributed by atoms with Crippen LogP contribution >= 0.6 is 0 Å². The molecule has 6 heteroatoms. The molecule has 0 aromatic heterocycles. The first-order chi connectivity index (χ1) is 16.5. The molecule has 0 radical (unpaired) electrons. The van der Waals surface area contributed by atoms with Crippen molar-refractivity contribution in [3.63, 3.8) is 0 Å². The number of hydrogen-bond donors (Lipinski definition) is 2. The number of rotatable bonds is 0. The quantitative estimate of drug-likeness (QED) is 0.435. The molecule has 1 unspecified atom stereocenters. The molecule has 1 heterocycles. The summed E-state index contributed by atoms with van der Waals surface area (Å²) in [7, 11) is 0. The summed E-state index contributed by atoms with van der Waals surface area (Å²) in [4.78, 5) is 56.3. The zero-order chi connectivity index (χ0) is 23.1. The van der Waals surface area contributed by atoms with Gasteiger partial charge in [0.25, 0.3) is 0 Å². The van der Waals surface area contributed by atoms with E-state index in [0.717, 1.165) is 0 Å². The summed E-state index contributed by atoms with van der Waals surface area (Å²) in [5.41, 5.74) is 4.55. The van der Waals surface area contributed by atoms with Crippen LogP contribution in [0.3, 0.4) is 0 Å². The summed E-state index contributed by atoms with van der Waals surface area (Å²) in [6.45, 7) is 0. The number of anilines is 1. The van der Waals surface area contributed by atoms with Crippen LogP contribution in [0.25, 0.3) is 0 Å². The Morgan fingerprint density at radius 1 is 0.647 bits per heavy atom. The molecule has 1 atom stereocenters. The molecule has 34 heavy (non-hydrogen) atoms.